The number of hydrogen-bond donors (Lipinski definition) is 1. The van der Waals surface area contributed by atoms with E-state index in [1.54, 1.807) is 18.9 Å². The van der Waals surface area contributed by atoms with Crippen LogP contribution >= 0.6 is 0 Å². The molecule has 0 aromatic carbocycles. The van der Waals surface area contributed by atoms with Crippen LogP contribution in [0.3, 0.4) is 0 Å². The predicted octanol–water partition coefficient (Wildman–Crippen LogP) is -0.0735. The Morgan fingerprint density at radius 3 is 2.89 bits per heavy atom. The maximum Gasteiger partial charge on any atom is 0.334 e. The van der Waals surface area contributed by atoms with Gasteiger partial charge in [0.1, 0.15) is 5.69 Å². The minimum atomic E-state index is -1.08. The molecule has 2 heterocycles. The molecule has 9 heteroatoms. The van der Waals surface area contributed by atoms with Gasteiger partial charge in [-0.3, -0.25) is 10.1 Å². The molecule has 1 atom stereocenters. The average Bonchev–Trinajstić information content (AvgIpc) is 2.64. The van der Waals surface area contributed by atoms with Gasteiger partial charge in [0.05, 0.1) is 18.1 Å². The summed E-state index contributed by atoms with van der Waals surface area (Å²) in [7, 11) is 1.60. The third-order valence-electron chi connectivity index (χ3n) is 2.99. The molecule has 1 aliphatic heterocycles. The van der Waals surface area contributed by atoms with Crippen LogP contribution < -0.4 is 4.90 Å². The van der Waals surface area contributed by atoms with E-state index < -0.39 is 17.0 Å². The Bertz CT molecular complexity index is 526. The van der Waals surface area contributed by atoms with Gasteiger partial charge >= 0.3 is 11.7 Å². The minimum absolute atomic E-state index is 0.0646. The quantitative estimate of drug-likeness (QED) is 0.604. The number of nitrogens with zero attached hydrogens (tertiary/aromatic N) is 4. The first kappa shape index (κ1) is 13.3. The minimum Gasteiger partial charge on any atom is -0.479 e. The van der Waals surface area contributed by atoms with Crippen LogP contribution in [-0.4, -0.2) is 51.6 Å². The maximum absolute atomic E-state index is 11.1. The fourth-order valence-corrected chi connectivity index (χ4v) is 2.19. The van der Waals surface area contributed by atoms with E-state index >= 15 is 0 Å². The van der Waals surface area contributed by atoms with Crippen molar-refractivity contribution in [2.75, 3.05) is 24.6 Å². The van der Waals surface area contributed by atoms with Crippen molar-refractivity contribution in [3.63, 3.8) is 0 Å². The molecule has 1 aromatic rings. The largest absolute Gasteiger partial charge is 0.479 e. The number of nitro groups is 1. The Balaban J connectivity index is 2.36. The highest BCUT2D eigenvalue weighted by Gasteiger charge is 2.33. The first-order valence-electron chi connectivity index (χ1n) is 5.69. The van der Waals surface area contributed by atoms with Crippen LogP contribution in [0.2, 0.25) is 0 Å². The Kier molecular flexibility index (Phi) is 3.38. The van der Waals surface area contributed by atoms with Crippen molar-refractivity contribution < 1.29 is 19.6 Å². The SMILES string of the molecule is Cc1nn(C)c(N2CCOC(C(=O)O)C2)c1[N+](=O)[O-]. The molecule has 1 unspecified atom stereocenters. The van der Waals surface area contributed by atoms with Gasteiger partial charge in [0.25, 0.3) is 0 Å². The third kappa shape index (κ3) is 2.36. The molecule has 2 rings (SSSR count). The number of morpholine rings is 1. The molecule has 0 spiro atoms. The number of ether oxygens (including phenoxy) is 1. The van der Waals surface area contributed by atoms with Crippen molar-refractivity contribution >= 4 is 17.5 Å². The summed E-state index contributed by atoms with van der Waals surface area (Å²) >= 11 is 0. The molecule has 0 aliphatic carbocycles. The van der Waals surface area contributed by atoms with Gasteiger partial charge in [0.2, 0.25) is 5.82 Å². The van der Waals surface area contributed by atoms with Gasteiger partial charge in [-0.15, -0.1) is 0 Å². The van der Waals surface area contributed by atoms with E-state index in [1.807, 2.05) is 0 Å². The van der Waals surface area contributed by atoms with Crippen molar-refractivity contribution in [1.82, 2.24) is 9.78 Å². The zero-order chi connectivity index (χ0) is 14.2. The van der Waals surface area contributed by atoms with E-state index in [0.29, 0.717) is 18.1 Å². The molecule has 1 saturated heterocycles. The normalized spacial score (nSPS) is 19.5. The molecule has 1 aliphatic rings. The smallest absolute Gasteiger partial charge is 0.334 e. The van der Waals surface area contributed by atoms with E-state index in [4.69, 9.17) is 9.84 Å². The summed E-state index contributed by atoms with van der Waals surface area (Å²) in [6.07, 6.45) is -0.983. The van der Waals surface area contributed by atoms with E-state index in [1.165, 1.54) is 4.68 Å². The molecule has 9 nitrogen and oxygen atoms in total. The van der Waals surface area contributed by atoms with E-state index in [9.17, 15) is 14.9 Å². The van der Waals surface area contributed by atoms with Gasteiger partial charge in [-0.2, -0.15) is 5.10 Å². The first-order chi connectivity index (χ1) is 8.91. The summed E-state index contributed by atoms with van der Waals surface area (Å²) < 4.78 is 6.50. The predicted molar refractivity (Wildman–Crippen MR) is 64.2 cm³/mol. The summed E-state index contributed by atoms with van der Waals surface area (Å²) in [5, 5.41) is 24.1. The molecular weight excluding hydrogens is 256 g/mol. The van der Waals surface area contributed by atoms with E-state index in [2.05, 4.69) is 5.10 Å². The topological polar surface area (TPSA) is 111 Å². The Morgan fingerprint density at radius 2 is 2.32 bits per heavy atom. The molecule has 104 valence electrons. The number of aromatic nitrogens is 2. The fourth-order valence-electron chi connectivity index (χ4n) is 2.19. The molecule has 0 amide bonds. The highest BCUT2D eigenvalue weighted by molar-refractivity contribution is 5.74. The van der Waals surface area contributed by atoms with E-state index in [-0.39, 0.29) is 18.8 Å². The monoisotopic (exact) mass is 270 g/mol. The Labute approximate surface area is 108 Å². The lowest BCUT2D eigenvalue weighted by Crippen LogP contribution is -2.46. The molecule has 0 saturated carbocycles. The van der Waals surface area contributed by atoms with Gasteiger partial charge in [0, 0.05) is 13.6 Å². The summed E-state index contributed by atoms with van der Waals surface area (Å²) in [4.78, 5) is 23.2. The van der Waals surface area contributed by atoms with Crippen LogP contribution in [0.5, 0.6) is 0 Å². The van der Waals surface area contributed by atoms with Crippen molar-refractivity contribution in [3.8, 4) is 0 Å². The Hall–Kier alpha value is -2.16. The second-order valence-corrected chi connectivity index (χ2v) is 4.28. The number of hydrogen-bond acceptors (Lipinski definition) is 6. The van der Waals surface area contributed by atoms with Crippen molar-refractivity contribution in [2.45, 2.75) is 13.0 Å². The van der Waals surface area contributed by atoms with Crippen molar-refractivity contribution in [3.05, 3.63) is 15.8 Å². The summed E-state index contributed by atoms with van der Waals surface area (Å²) in [5.41, 5.74) is 0.217. The van der Waals surface area contributed by atoms with Gasteiger partial charge in [-0.25, -0.2) is 9.48 Å². The molecule has 1 N–H and O–H groups in total. The van der Waals surface area contributed by atoms with Gasteiger partial charge in [0.15, 0.2) is 6.10 Å². The van der Waals surface area contributed by atoms with Crippen LogP contribution in [0.4, 0.5) is 11.5 Å². The van der Waals surface area contributed by atoms with E-state index in [0.717, 1.165) is 0 Å². The average molecular weight is 270 g/mol. The van der Waals surface area contributed by atoms with Gasteiger partial charge < -0.3 is 14.7 Å². The first-order valence-corrected chi connectivity index (χ1v) is 5.69. The molecule has 0 bridgehead atoms. The maximum atomic E-state index is 11.1. The van der Waals surface area contributed by atoms with Crippen LogP contribution in [-0.2, 0) is 16.6 Å². The number of rotatable bonds is 3. The number of anilines is 1. The number of aryl methyl sites for hydroxylation is 2. The summed E-state index contributed by atoms with van der Waals surface area (Å²) in [6, 6.07) is 0. The van der Waals surface area contributed by atoms with Gasteiger partial charge in [-0.1, -0.05) is 0 Å². The fraction of sp³-hybridized carbons (Fsp3) is 0.600. The number of aliphatic carboxylic acids is 1. The molecule has 1 fully saturated rings. The van der Waals surface area contributed by atoms with Crippen LogP contribution in [0, 0.1) is 17.0 Å². The summed E-state index contributed by atoms with van der Waals surface area (Å²) in [5.74, 6) is -0.761. The highest BCUT2D eigenvalue weighted by atomic mass is 16.6. The standard InChI is InChI=1S/C10H14N4O5/c1-6-8(14(17)18)9(12(2)11-6)13-3-4-19-7(5-13)10(15)16/h7H,3-5H2,1-2H3,(H,15,16). The lowest BCUT2D eigenvalue weighted by atomic mass is 10.2. The molecule has 19 heavy (non-hydrogen) atoms. The molecule has 1 aromatic heterocycles. The molecular formula is C10H14N4O5. The lowest BCUT2D eigenvalue weighted by Gasteiger charge is -2.31. The lowest BCUT2D eigenvalue weighted by molar-refractivity contribution is -0.384. The second-order valence-electron chi connectivity index (χ2n) is 4.28. The highest BCUT2D eigenvalue weighted by Crippen LogP contribution is 2.31. The number of carboxylic acids is 1. The number of carbonyl (C=O) groups is 1. The van der Waals surface area contributed by atoms with Crippen molar-refractivity contribution in [1.29, 1.82) is 0 Å². The van der Waals surface area contributed by atoms with Crippen molar-refractivity contribution in [2.24, 2.45) is 7.05 Å². The van der Waals surface area contributed by atoms with Crippen LogP contribution in [0.25, 0.3) is 0 Å². The number of carboxylic acid groups (broad SMARTS) is 1. The van der Waals surface area contributed by atoms with Crippen LogP contribution in [0.1, 0.15) is 5.69 Å². The van der Waals surface area contributed by atoms with Crippen LogP contribution in [0.15, 0.2) is 0 Å². The zero-order valence-corrected chi connectivity index (χ0v) is 10.6. The molecule has 0 radical (unpaired) electrons. The zero-order valence-electron chi connectivity index (χ0n) is 10.6. The third-order valence-corrected chi connectivity index (χ3v) is 2.99. The Morgan fingerprint density at radius 1 is 1.63 bits per heavy atom. The second kappa shape index (κ2) is 4.84. The van der Waals surface area contributed by atoms with Gasteiger partial charge in [-0.05, 0) is 6.92 Å². The summed E-state index contributed by atoms with van der Waals surface area (Å²) in [6.45, 7) is 2.22.